The zero-order valence-electron chi connectivity index (χ0n) is 14.4. The zero-order valence-corrected chi connectivity index (χ0v) is 14.4. The minimum atomic E-state index is -0.439. The molecule has 0 spiro atoms. The molecule has 0 fully saturated rings. The summed E-state index contributed by atoms with van der Waals surface area (Å²) < 4.78 is 12.4. The van der Waals surface area contributed by atoms with Crippen molar-refractivity contribution in [1.29, 1.82) is 0 Å². The van der Waals surface area contributed by atoms with Crippen LogP contribution in [0.15, 0.2) is 30.7 Å². The molecule has 2 aromatic heterocycles. The molecule has 3 aromatic rings. The molecule has 7 nitrogen and oxygen atoms in total. The predicted molar refractivity (Wildman–Crippen MR) is 91.3 cm³/mol. The first-order valence-corrected chi connectivity index (χ1v) is 7.64. The number of nitrogens with zero attached hydrogens (tertiary/aromatic N) is 3. The van der Waals surface area contributed by atoms with Crippen molar-refractivity contribution in [3.63, 3.8) is 0 Å². The van der Waals surface area contributed by atoms with Gasteiger partial charge in [0.15, 0.2) is 5.75 Å². The molecule has 0 aliphatic carbocycles. The van der Waals surface area contributed by atoms with Crippen molar-refractivity contribution >= 4 is 23.0 Å². The van der Waals surface area contributed by atoms with Crippen molar-refractivity contribution in [2.45, 2.75) is 20.8 Å². The van der Waals surface area contributed by atoms with E-state index < -0.39 is 11.9 Å². The molecule has 7 heteroatoms. The van der Waals surface area contributed by atoms with E-state index in [1.165, 1.54) is 20.2 Å². The average Bonchev–Trinajstić information content (AvgIpc) is 2.83. The third-order valence-electron chi connectivity index (χ3n) is 3.62. The number of carbonyl (C=O) groups excluding carboxylic acids is 2. The largest absolute Gasteiger partial charge is 0.426 e. The Hall–Kier alpha value is -3.22. The molecule has 3 rings (SSSR count). The van der Waals surface area contributed by atoms with Crippen LogP contribution in [0.5, 0.6) is 11.5 Å². The predicted octanol–water partition coefficient (Wildman–Crippen LogP) is 2.79. The summed E-state index contributed by atoms with van der Waals surface area (Å²) in [4.78, 5) is 31.5. The monoisotopic (exact) mass is 339 g/mol. The molecule has 25 heavy (non-hydrogen) atoms. The topological polar surface area (TPSA) is 83.3 Å². The Bertz CT molecular complexity index is 991. The molecule has 0 atom stereocenters. The van der Waals surface area contributed by atoms with Crippen molar-refractivity contribution in [1.82, 2.24) is 14.5 Å². The molecule has 1 aromatic carbocycles. The first kappa shape index (κ1) is 16.6. The van der Waals surface area contributed by atoms with Gasteiger partial charge in [0.25, 0.3) is 0 Å². The number of hydrogen-bond donors (Lipinski definition) is 0. The fourth-order valence-corrected chi connectivity index (χ4v) is 2.67. The van der Waals surface area contributed by atoms with Crippen molar-refractivity contribution in [2.24, 2.45) is 7.05 Å². The molecule has 0 aliphatic heterocycles. The third kappa shape index (κ3) is 3.21. The molecule has 0 unspecified atom stereocenters. The second-order valence-corrected chi connectivity index (χ2v) is 5.71. The molecule has 0 N–H and O–H groups in total. The number of ether oxygens (including phenoxy) is 2. The molecule has 0 aliphatic rings. The van der Waals surface area contributed by atoms with Crippen LogP contribution in [0.25, 0.3) is 22.3 Å². The Morgan fingerprint density at radius 1 is 1.04 bits per heavy atom. The lowest BCUT2D eigenvalue weighted by molar-refractivity contribution is -0.132. The summed E-state index contributed by atoms with van der Waals surface area (Å²) in [7, 11) is 1.80. The third-order valence-corrected chi connectivity index (χ3v) is 3.62. The highest BCUT2D eigenvalue weighted by atomic mass is 16.5. The molecule has 0 saturated carbocycles. The van der Waals surface area contributed by atoms with E-state index in [4.69, 9.17) is 9.47 Å². The van der Waals surface area contributed by atoms with Gasteiger partial charge in [-0.2, -0.15) is 0 Å². The lowest BCUT2D eigenvalue weighted by Gasteiger charge is -2.11. The van der Waals surface area contributed by atoms with E-state index in [2.05, 4.69) is 9.97 Å². The number of carbonyl (C=O) groups is 2. The maximum atomic E-state index is 11.5. The summed E-state index contributed by atoms with van der Waals surface area (Å²) in [5, 5.41) is 0.581. The minimum absolute atomic E-state index is 0.356. The van der Waals surface area contributed by atoms with E-state index in [9.17, 15) is 9.59 Å². The highest BCUT2D eigenvalue weighted by Gasteiger charge is 2.20. The Morgan fingerprint density at radius 2 is 1.72 bits per heavy atom. The number of rotatable bonds is 3. The van der Waals surface area contributed by atoms with Gasteiger partial charge in [0.1, 0.15) is 17.7 Å². The van der Waals surface area contributed by atoms with Crippen LogP contribution in [0.3, 0.4) is 0 Å². The van der Waals surface area contributed by atoms with Crippen molar-refractivity contribution in [2.75, 3.05) is 0 Å². The van der Waals surface area contributed by atoms with E-state index in [1.54, 1.807) is 23.9 Å². The normalized spacial score (nSPS) is 10.7. The number of hydrogen-bond acceptors (Lipinski definition) is 6. The van der Waals surface area contributed by atoms with Gasteiger partial charge in [0.05, 0.1) is 11.1 Å². The second-order valence-electron chi connectivity index (χ2n) is 5.71. The van der Waals surface area contributed by atoms with Crippen LogP contribution in [0.1, 0.15) is 19.4 Å². The van der Waals surface area contributed by atoms with Crippen LogP contribution in [0.2, 0.25) is 0 Å². The zero-order chi connectivity index (χ0) is 18.1. The van der Waals surface area contributed by atoms with Crippen molar-refractivity contribution in [3.8, 4) is 22.8 Å². The van der Waals surface area contributed by atoms with Gasteiger partial charge in [-0.15, -0.1) is 0 Å². The Morgan fingerprint density at radius 3 is 2.40 bits per heavy atom. The Kier molecular flexibility index (Phi) is 4.22. The van der Waals surface area contributed by atoms with E-state index in [-0.39, 0.29) is 0 Å². The van der Waals surface area contributed by atoms with Crippen LogP contribution >= 0.6 is 0 Å². The average molecular weight is 339 g/mol. The van der Waals surface area contributed by atoms with Crippen LogP contribution in [0, 0.1) is 6.92 Å². The van der Waals surface area contributed by atoms with E-state index in [1.807, 2.05) is 19.1 Å². The van der Waals surface area contributed by atoms with E-state index >= 15 is 0 Å². The van der Waals surface area contributed by atoms with Crippen LogP contribution in [-0.2, 0) is 16.6 Å². The number of benzene rings is 1. The molecule has 0 radical (unpaired) electrons. The summed E-state index contributed by atoms with van der Waals surface area (Å²) in [6, 6.07) is 5.48. The first-order chi connectivity index (χ1) is 11.9. The highest BCUT2D eigenvalue weighted by Crippen LogP contribution is 2.38. The van der Waals surface area contributed by atoms with Gasteiger partial charge in [-0.25, -0.2) is 9.97 Å². The number of esters is 2. The van der Waals surface area contributed by atoms with Crippen LogP contribution in [0.4, 0.5) is 0 Å². The first-order valence-electron chi connectivity index (χ1n) is 7.64. The fraction of sp³-hybridized carbons (Fsp3) is 0.222. The summed E-state index contributed by atoms with van der Waals surface area (Å²) in [6.07, 6.45) is 3.09. The molecule has 128 valence electrons. The maximum Gasteiger partial charge on any atom is 0.308 e. The summed E-state index contributed by atoms with van der Waals surface area (Å²) >= 11 is 0. The summed E-state index contributed by atoms with van der Waals surface area (Å²) in [6.45, 7) is 4.58. The minimum Gasteiger partial charge on any atom is -0.426 e. The molecule has 0 amide bonds. The van der Waals surface area contributed by atoms with Gasteiger partial charge in [-0.05, 0) is 24.6 Å². The van der Waals surface area contributed by atoms with Gasteiger partial charge in [0, 0.05) is 32.7 Å². The van der Waals surface area contributed by atoms with Gasteiger partial charge >= 0.3 is 11.9 Å². The lowest BCUT2D eigenvalue weighted by Crippen LogP contribution is -2.04. The van der Waals surface area contributed by atoms with Gasteiger partial charge < -0.3 is 14.0 Å². The quantitative estimate of drug-likeness (QED) is 0.539. The standard InChI is InChI=1S/C18H17N3O4/c1-10-5-6-13(14(7-10)24-11(2)22)17-16-15(25-12(3)23)8-21(4)18(16)20-9-19-17/h5-9H,1-4H3. The van der Waals surface area contributed by atoms with E-state index in [0.29, 0.717) is 33.8 Å². The van der Waals surface area contributed by atoms with Crippen molar-refractivity contribution in [3.05, 3.63) is 36.3 Å². The van der Waals surface area contributed by atoms with E-state index in [0.717, 1.165) is 5.56 Å². The maximum absolute atomic E-state index is 11.5. The van der Waals surface area contributed by atoms with Crippen LogP contribution in [-0.4, -0.2) is 26.5 Å². The molecule has 2 heterocycles. The molecular weight excluding hydrogens is 322 g/mol. The summed E-state index contributed by atoms with van der Waals surface area (Å²) in [5.41, 5.74) is 2.69. The van der Waals surface area contributed by atoms with Gasteiger partial charge in [-0.3, -0.25) is 9.59 Å². The Balaban J connectivity index is 2.29. The molecule has 0 saturated heterocycles. The SMILES string of the molecule is CC(=O)Oc1cc(C)ccc1-c1ncnc2c1c(OC(C)=O)cn2C. The number of fused-ring (bicyclic) bond motifs is 1. The Labute approximate surface area is 144 Å². The number of aryl methyl sites for hydroxylation is 2. The second kappa shape index (κ2) is 6.35. The van der Waals surface area contributed by atoms with Gasteiger partial charge in [0.2, 0.25) is 0 Å². The van der Waals surface area contributed by atoms with Crippen molar-refractivity contribution < 1.29 is 19.1 Å². The van der Waals surface area contributed by atoms with Crippen LogP contribution < -0.4 is 9.47 Å². The highest BCUT2D eigenvalue weighted by molar-refractivity contribution is 5.98. The lowest BCUT2D eigenvalue weighted by atomic mass is 10.1. The number of aromatic nitrogens is 3. The van der Waals surface area contributed by atoms with Gasteiger partial charge in [-0.1, -0.05) is 6.07 Å². The summed E-state index contributed by atoms with van der Waals surface area (Å²) in [5.74, 6) is -0.114. The fourth-order valence-electron chi connectivity index (χ4n) is 2.67. The smallest absolute Gasteiger partial charge is 0.308 e. The molecule has 0 bridgehead atoms. The molecular formula is C18H17N3O4.